The molecule has 7 nitrogen and oxygen atoms in total. The Kier molecular flexibility index (Phi) is 5.18. The van der Waals surface area contributed by atoms with Gasteiger partial charge in [0.05, 0.1) is 11.3 Å². The van der Waals surface area contributed by atoms with Crippen LogP contribution in [-0.2, 0) is 4.79 Å². The van der Waals surface area contributed by atoms with Crippen LogP contribution in [0.3, 0.4) is 0 Å². The SMILES string of the molecule is CNC(=O)c1ccc(NC(=O)CSc2nnc3cc(C)c4ccccc4n23)cc1. The second-order valence-electron chi connectivity index (χ2n) is 6.51. The fourth-order valence-electron chi connectivity index (χ4n) is 3.14. The lowest BCUT2D eigenvalue weighted by Crippen LogP contribution is -2.18. The highest BCUT2D eigenvalue weighted by Crippen LogP contribution is 2.25. The lowest BCUT2D eigenvalue weighted by atomic mass is 10.1. The molecule has 0 fully saturated rings. The molecule has 0 saturated heterocycles. The summed E-state index contributed by atoms with van der Waals surface area (Å²) < 4.78 is 1.97. The maximum absolute atomic E-state index is 12.4. The first-order valence-corrected chi connectivity index (χ1v) is 10.0. The third kappa shape index (κ3) is 3.79. The molecule has 0 spiro atoms. The maximum Gasteiger partial charge on any atom is 0.251 e. The number of carbonyl (C=O) groups excluding carboxylic acids is 2. The summed E-state index contributed by atoms with van der Waals surface area (Å²) in [4.78, 5) is 24.0. The third-order valence-electron chi connectivity index (χ3n) is 4.56. The number of aryl methyl sites for hydroxylation is 1. The first-order chi connectivity index (χ1) is 14.1. The molecule has 0 saturated carbocycles. The Hall–Kier alpha value is -3.39. The molecule has 0 atom stereocenters. The minimum atomic E-state index is -0.167. The lowest BCUT2D eigenvalue weighted by Gasteiger charge is -2.08. The van der Waals surface area contributed by atoms with Crippen molar-refractivity contribution in [3.63, 3.8) is 0 Å². The topological polar surface area (TPSA) is 88.4 Å². The van der Waals surface area contributed by atoms with Crippen molar-refractivity contribution in [2.75, 3.05) is 18.1 Å². The second kappa shape index (κ2) is 7.92. The van der Waals surface area contributed by atoms with Crippen molar-refractivity contribution in [1.82, 2.24) is 19.9 Å². The summed E-state index contributed by atoms with van der Waals surface area (Å²) in [6, 6.07) is 16.8. The zero-order valence-corrected chi connectivity index (χ0v) is 16.8. The van der Waals surface area contributed by atoms with Crippen molar-refractivity contribution in [3.8, 4) is 0 Å². The molecule has 0 unspecified atom stereocenters. The number of carbonyl (C=O) groups is 2. The zero-order valence-electron chi connectivity index (χ0n) is 16.0. The molecule has 0 bridgehead atoms. The molecule has 0 aliphatic heterocycles. The molecule has 2 amide bonds. The summed E-state index contributed by atoms with van der Waals surface area (Å²) in [5, 5.41) is 15.7. The maximum atomic E-state index is 12.4. The molecule has 146 valence electrons. The predicted octanol–water partition coefficient (Wildman–Crippen LogP) is 3.28. The van der Waals surface area contributed by atoms with Gasteiger partial charge in [0, 0.05) is 23.7 Å². The van der Waals surface area contributed by atoms with Crippen molar-refractivity contribution < 1.29 is 9.59 Å². The van der Waals surface area contributed by atoms with E-state index in [-0.39, 0.29) is 17.6 Å². The molecule has 29 heavy (non-hydrogen) atoms. The molecular weight excluding hydrogens is 386 g/mol. The van der Waals surface area contributed by atoms with E-state index >= 15 is 0 Å². The largest absolute Gasteiger partial charge is 0.355 e. The Morgan fingerprint density at radius 1 is 1.07 bits per heavy atom. The van der Waals surface area contributed by atoms with Crippen molar-refractivity contribution in [1.29, 1.82) is 0 Å². The Morgan fingerprint density at radius 2 is 1.83 bits per heavy atom. The number of anilines is 1. The van der Waals surface area contributed by atoms with Gasteiger partial charge in [0.25, 0.3) is 5.91 Å². The van der Waals surface area contributed by atoms with Crippen LogP contribution in [0.4, 0.5) is 5.69 Å². The molecule has 0 aliphatic carbocycles. The van der Waals surface area contributed by atoms with E-state index < -0.39 is 0 Å². The zero-order chi connectivity index (χ0) is 20.4. The standard InChI is InChI=1S/C21H19N5O2S/c1-13-11-18-24-25-21(26(18)17-6-4-3-5-16(13)17)29-12-19(27)23-15-9-7-14(8-10-15)20(28)22-2/h3-11H,12H2,1-2H3,(H,22,28)(H,23,27). The molecule has 2 N–H and O–H groups in total. The van der Waals surface area contributed by atoms with Crippen LogP contribution in [0.1, 0.15) is 15.9 Å². The molecule has 8 heteroatoms. The smallest absolute Gasteiger partial charge is 0.251 e. The number of pyridine rings is 1. The average Bonchev–Trinajstić information content (AvgIpc) is 3.15. The van der Waals surface area contributed by atoms with Crippen molar-refractivity contribution in [2.24, 2.45) is 0 Å². The molecule has 4 aromatic rings. The molecule has 2 heterocycles. The third-order valence-corrected chi connectivity index (χ3v) is 5.49. The van der Waals surface area contributed by atoms with E-state index in [0.717, 1.165) is 22.1 Å². The fourth-order valence-corrected chi connectivity index (χ4v) is 3.90. The number of benzene rings is 2. The second-order valence-corrected chi connectivity index (χ2v) is 7.46. The van der Waals surface area contributed by atoms with Crippen LogP contribution in [0.5, 0.6) is 0 Å². The number of rotatable bonds is 5. The van der Waals surface area contributed by atoms with Gasteiger partial charge >= 0.3 is 0 Å². The highest BCUT2D eigenvalue weighted by Gasteiger charge is 2.13. The minimum Gasteiger partial charge on any atom is -0.355 e. The predicted molar refractivity (Wildman–Crippen MR) is 114 cm³/mol. The number of hydrogen-bond acceptors (Lipinski definition) is 5. The van der Waals surface area contributed by atoms with Gasteiger partial charge in [-0.3, -0.25) is 14.0 Å². The Balaban J connectivity index is 1.49. The summed E-state index contributed by atoms with van der Waals surface area (Å²) in [6.07, 6.45) is 0. The van der Waals surface area contributed by atoms with Crippen LogP contribution in [0.15, 0.2) is 59.8 Å². The molecule has 4 rings (SSSR count). The highest BCUT2D eigenvalue weighted by atomic mass is 32.2. The Bertz CT molecular complexity index is 1220. The molecule has 0 radical (unpaired) electrons. The number of fused-ring (bicyclic) bond motifs is 3. The van der Waals surface area contributed by atoms with Crippen LogP contribution in [0.25, 0.3) is 16.6 Å². The number of aromatic nitrogens is 3. The summed E-state index contributed by atoms with van der Waals surface area (Å²) >= 11 is 1.33. The van der Waals surface area contributed by atoms with Gasteiger partial charge in [-0.05, 0) is 48.9 Å². The average molecular weight is 405 g/mol. The van der Waals surface area contributed by atoms with Gasteiger partial charge in [-0.25, -0.2) is 0 Å². The van der Waals surface area contributed by atoms with Gasteiger partial charge in [0.2, 0.25) is 5.91 Å². The van der Waals surface area contributed by atoms with Crippen molar-refractivity contribution in [2.45, 2.75) is 12.1 Å². The van der Waals surface area contributed by atoms with Gasteiger partial charge in [-0.2, -0.15) is 0 Å². The van der Waals surface area contributed by atoms with E-state index in [0.29, 0.717) is 16.4 Å². The van der Waals surface area contributed by atoms with Crippen molar-refractivity contribution in [3.05, 3.63) is 65.7 Å². The van der Waals surface area contributed by atoms with Gasteiger partial charge in [-0.1, -0.05) is 30.0 Å². The van der Waals surface area contributed by atoms with Crippen LogP contribution in [0, 0.1) is 6.92 Å². The van der Waals surface area contributed by atoms with Gasteiger partial charge < -0.3 is 10.6 Å². The van der Waals surface area contributed by atoms with Gasteiger partial charge in [-0.15, -0.1) is 10.2 Å². The lowest BCUT2D eigenvalue weighted by molar-refractivity contribution is -0.113. The van der Waals surface area contributed by atoms with E-state index in [1.165, 1.54) is 11.8 Å². The van der Waals surface area contributed by atoms with E-state index in [1.54, 1.807) is 31.3 Å². The van der Waals surface area contributed by atoms with Crippen LogP contribution in [0.2, 0.25) is 0 Å². The number of hydrogen-bond donors (Lipinski definition) is 2. The van der Waals surface area contributed by atoms with E-state index in [9.17, 15) is 9.59 Å². The first kappa shape index (κ1) is 18.9. The number of thioether (sulfide) groups is 1. The quantitative estimate of drug-likeness (QED) is 0.498. The monoisotopic (exact) mass is 405 g/mol. The van der Waals surface area contributed by atoms with E-state index in [1.807, 2.05) is 35.6 Å². The Morgan fingerprint density at radius 3 is 2.59 bits per heavy atom. The van der Waals surface area contributed by atoms with Crippen LogP contribution in [-0.4, -0.2) is 39.2 Å². The number of amides is 2. The van der Waals surface area contributed by atoms with Crippen LogP contribution >= 0.6 is 11.8 Å². The fraction of sp³-hybridized carbons (Fsp3) is 0.143. The Labute approximate surface area is 171 Å². The summed E-state index contributed by atoms with van der Waals surface area (Å²) in [5.41, 5.74) is 4.08. The molecule has 2 aromatic carbocycles. The summed E-state index contributed by atoms with van der Waals surface area (Å²) in [7, 11) is 1.58. The number of para-hydroxylation sites is 1. The van der Waals surface area contributed by atoms with Gasteiger partial charge in [0.1, 0.15) is 0 Å². The molecule has 2 aromatic heterocycles. The number of nitrogens with zero attached hydrogens (tertiary/aromatic N) is 3. The van der Waals surface area contributed by atoms with Crippen LogP contribution < -0.4 is 10.6 Å². The minimum absolute atomic E-state index is 0.157. The molecule has 0 aliphatic rings. The summed E-state index contributed by atoms with van der Waals surface area (Å²) in [5.74, 6) is -0.129. The van der Waals surface area contributed by atoms with Crippen molar-refractivity contribution >= 4 is 45.8 Å². The van der Waals surface area contributed by atoms with Gasteiger partial charge in [0.15, 0.2) is 10.8 Å². The summed E-state index contributed by atoms with van der Waals surface area (Å²) in [6.45, 7) is 2.05. The highest BCUT2D eigenvalue weighted by molar-refractivity contribution is 7.99. The van der Waals surface area contributed by atoms with E-state index in [4.69, 9.17) is 0 Å². The van der Waals surface area contributed by atoms with E-state index in [2.05, 4.69) is 26.9 Å². The first-order valence-electron chi connectivity index (χ1n) is 9.05. The normalized spacial score (nSPS) is 11.0. The number of nitrogens with one attached hydrogen (secondary N) is 2. The molecular formula is C21H19N5O2S.